The lowest BCUT2D eigenvalue weighted by molar-refractivity contribution is -0.143. The molecule has 1 fully saturated rings. The molecule has 1 saturated carbocycles. The minimum atomic E-state index is -0.271. The zero-order valence-corrected chi connectivity index (χ0v) is 12.5. The number of carbonyl (C=O) groups is 1. The predicted molar refractivity (Wildman–Crippen MR) is 80.4 cm³/mol. The Morgan fingerprint density at radius 3 is 2.45 bits per heavy atom. The van der Waals surface area contributed by atoms with Crippen molar-refractivity contribution >= 4 is 5.97 Å². The number of benzene rings is 1. The second kappa shape index (κ2) is 7.44. The molecule has 2 unspecified atom stereocenters. The Hall–Kier alpha value is -1.35. The van der Waals surface area contributed by atoms with E-state index in [4.69, 9.17) is 4.74 Å². The summed E-state index contributed by atoms with van der Waals surface area (Å²) in [7, 11) is 1.44. The first-order chi connectivity index (χ1) is 9.72. The fourth-order valence-corrected chi connectivity index (χ4v) is 3.15. The molecule has 0 heterocycles. The van der Waals surface area contributed by atoms with Gasteiger partial charge in [0.25, 0.3) is 0 Å². The van der Waals surface area contributed by atoms with Crippen LogP contribution < -0.4 is 5.32 Å². The Bertz CT molecular complexity index is 412. The van der Waals surface area contributed by atoms with Crippen molar-refractivity contribution in [1.82, 2.24) is 5.32 Å². The van der Waals surface area contributed by atoms with E-state index >= 15 is 0 Å². The molecule has 1 aliphatic carbocycles. The second-order valence-electron chi connectivity index (χ2n) is 5.70. The van der Waals surface area contributed by atoms with E-state index in [0.29, 0.717) is 5.92 Å². The molecule has 0 saturated heterocycles. The second-order valence-corrected chi connectivity index (χ2v) is 5.70. The van der Waals surface area contributed by atoms with Gasteiger partial charge in [-0.25, -0.2) is 0 Å². The van der Waals surface area contributed by atoms with E-state index in [9.17, 15) is 4.79 Å². The van der Waals surface area contributed by atoms with Gasteiger partial charge >= 0.3 is 5.97 Å². The molecule has 20 heavy (non-hydrogen) atoms. The molecule has 0 spiro atoms. The Labute approximate surface area is 121 Å². The molecule has 0 aliphatic heterocycles. The summed E-state index contributed by atoms with van der Waals surface area (Å²) >= 11 is 0. The Morgan fingerprint density at radius 1 is 1.20 bits per heavy atom. The first-order valence-corrected chi connectivity index (χ1v) is 7.61. The molecule has 2 rings (SSSR count). The predicted octanol–water partition coefficient (Wildman–Crippen LogP) is 3.46. The highest BCUT2D eigenvalue weighted by atomic mass is 16.5. The molecule has 1 aromatic carbocycles. The molecule has 3 heteroatoms. The molecule has 0 aromatic heterocycles. The van der Waals surface area contributed by atoms with Gasteiger partial charge in [-0.1, -0.05) is 49.6 Å². The van der Waals surface area contributed by atoms with E-state index in [0.717, 1.165) is 0 Å². The largest absolute Gasteiger partial charge is 0.468 e. The van der Waals surface area contributed by atoms with E-state index in [2.05, 4.69) is 29.6 Å². The quantitative estimate of drug-likeness (QED) is 0.836. The van der Waals surface area contributed by atoms with Crippen molar-refractivity contribution in [3.63, 3.8) is 0 Å². The minimum Gasteiger partial charge on any atom is -0.468 e. The van der Waals surface area contributed by atoms with E-state index in [1.54, 1.807) is 0 Å². The first-order valence-electron chi connectivity index (χ1n) is 7.61. The summed E-state index contributed by atoms with van der Waals surface area (Å²) in [5.41, 5.74) is 1.27. The molecule has 1 aliphatic rings. The number of nitrogens with one attached hydrogen (secondary N) is 1. The standard InChI is InChI=1S/C17H25NO2/c1-13(17(19)20-2)18-16(14-9-5-3-6-10-14)15-11-7-4-8-12-15/h3,5-6,9-10,13,15-16,18H,4,7-8,11-12H2,1-2H3. The first kappa shape index (κ1) is 15.0. The van der Waals surface area contributed by atoms with Crippen LogP contribution >= 0.6 is 0 Å². The van der Waals surface area contributed by atoms with Crippen molar-refractivity contribution in [2.45, 2.75) is 51.1 Å². The number of methoxy groups -OCH3 is 1. The third-order valence-corrected chi connectivity index (χ3v) is 4.26. The van der Waals surface area contributed by atoms with Crippen LogP contribution in [0.15, 0.2) is 30.3 Å². The van der Waals surface area contributed by atoms with Gasteiger partial charge in [-0.3, -0.25) is 10.1 Å². The van der Waals surface area contributed by atoms with Gasteiger partial charge in [0.2, 0.25) is 0 Å². The van der Waals surface area contributed by atoms with Crippen molar-refractivity contribution in [2.75, 3.05) is 7.11 Å². The molecule has 1 N–H and O–H groups in total. The maximum atomic E-state index is 11.7. The summed E-state index contributed by atoms with van der Waals surface area (Å²) in [4.78, 5) is 11.7. The lowest BCUT2D eigenvalue weighted by Crippen LogP contribution is -2.40. The Balaban J connectivity index is 2.13. The number of ether oxygens (including phenoxy) is 1. The minimum absolute atomic E-state index is 0.193. The topological polar surface area (TPSA) is 38.3 Å². The molecular formula is C17H25NO2. The van der Waals surface area contributed by atoms with Crippen LogP contribution in [0.5, 0.6) is 0 Å². The van der Waals surface area contributed by atoms with Crippen molar-refractivity contribution in [1.29, 1.82) is 0 Å². The smallest absolute Gasteiger partial charge is 0.322 e. The molecule has 1 aromatic rings. The lowest BCUT2D eigenvalue weighted by atomic mass is 9.81. The number of rotatable bonds is 5. The molecule has 0 bridgehead atoms. The van der Waals surface area contributed by atoms with Gasteiger partial charge in [0.05, 0.1) is 7.11 Å². The van der Waals surface area contributed by atoms with E-state index < -0.39 is 0 Å². The van der Waals surface area contributed by atoms with Gasteiger partial charge in [-0.15, -0.1) is 0 Å². The average molecular weight is 275 g/mol. The maximum Gasteiger partial charge on any atom is 0.322 e. The average Bonchev–Trinajstić information content (AvgIpc) is 2.53. The van der Waals surface area contributed by atoms with Gasteiger partial charge in [0, 0.05) is 6.04 Å². The fraction of sp³-hybridized carbons (Fsp3) is 0.588. The molecule has 0 radical (unpaired) electrons. The maximum absolute atomic E-state index is 11.7. The number of carbonyl (C=O) groups excluding carboxylic acids is 1. The summed E-state index contributed by atoms with van der Waals surface area (Å²) in [6, 6.07) is 10.4. The van der Waals surface area contributed by atoms with Gasteiger partial charge in [0.15, 0.2) is 0 Å². The number of esters is 1. The zero-order chi connectivity index (χ0) is 14.4. The highest BCUT2D eigenvalue weighted by Gasteiger charge is 2.28. The molecule has 0 amide bonds. The lowest BCUT2D eigenvalue weighted by Gasteiger charge is -2.33. The highest BCUT2D eigenvalue weighted by Crippen LogP contribution is 2.34. The van der Waals surface area contributed by atoms with Crippen LogP contribution in [0.4, 0.5) is 0 Å². The number of hydrogen-bond donors (Lipinski definition) is 1. The molecular weight excluding hydrogens is 250 g/mol. The normalized spacial score (nSPS) is 19.3. The van der Waals surface area contributed by atoms with Gasteiger partial charge < -0.3 is 4.74 Å². The van der Waals surface area contributed by atoms with Gasteiger partial charge in [-0.2, -0.15) is 0 Å². The van der Waals surface area contributed by atoms with Crippen molar-refractivity contribution < 1.29 is 9.53 Å². The van der Waals surface area contributed by atoms with Crippen LogP contribution in [0, 0.1) is 5.92 Å². The van der Waals surface area contributed by atoms with Crippen molar-refractivity contribution in [2.24, 2.45) is 5.92 Å². The Kier molecular flexibility index (Phi) is 5.60. The summed E-state index contributed by atoms with van der Waals surface area (Å²) in [6.45, 7) is 1.88. The van der Waals surface area contributed by atoms with Crippen LogP contribution in [-0.4, -0.2) is 19.1 Å². The van der Waals surface area contributed by atoms with E-state index in [1.165, 1.54) is 44.8 Å². The SMILES string of the molecule is COC(=O)C(C)NC(c1ccccc1)C1CCCCC1. The van der Waals surface area contributed by atoms with Crippen LogP contribution in [-0.2, 0) is 9.53 Å². The third kappa shape index (κ3) is 3.83. The monoisotopic (exact) mass is 275 g/mol. The van der Waals surface area contributed by atoms with Crippen LogP contribution in [0.25, 0.3) is 0 Å². The van der Waals surface area contributed by atoms with Crippen LogP contribution in [0.3, 0.4) is 0 Å². The van der Waals surface area contributed by atoms with Crippen molar-refractivity contribution in [3.05, 3.63) is 35.9 Å². The van der Waals surface area contributed by atoms with Crippen LogP contribution in [0.2, 0.25) is 0 Å². The van der Waals surface area contributed by atoms with E-state index in [1.807, 2.05) is 13.0 Å². The molecule has 2 atom stereocenters. The summed E-state index contributed by atoms with van der Waals surface area (Å²) in [5, 5.41) is 3.48. The summed E-state index contributed by atoms with van der Waals surface area (Å²) in [6.07, 6.45) is 6.40. The highest BCUT2D eigenvalue weighted by molar-refractivity contribution is 5.75. The molecule has 3 nitrogen and oxygen atoms in total. The van der Waals surface area contributed by atoms with E-state index in [-0.39, 0.29) is 18.1 Å². The number of hydrogen-bond acceptors (Lipinski definition) is 3. The van der Waals surface area contributed by atoms with Gasteiger partial charge in [0.1, 0.15) is 6.04 Å². The van der Waals surface area contributed by atoms with Crippen molar-refractivity contribution in [3.8, 4) is 0 Å². The fourth-order valence-electron chi connectivity index (χ4n) is 3.15. The Morgan fingerprint density at radius 2 is 1.85 bits per heavy atom. The van der Waals surface area contributed by atoms with Gasteiger partial charge in [-0.05, 0) is 31.2 Å². The third-order valence-electron chi connectivity index (χ3n) is 4.26. The summed E-state index contributed by atoms with van der Waals surface area (Å²) in [5.74, 6) is 0.417. The zero-order valence-electron chi connectivity index (χ0n) is 12.5. The van der Waals surface area contributed by atoms with Crippen LogP contribution in [0.1, 0.15) is 50.6 Å². The summed E-state index contributed by atoms with van der Waals surface area (Å²) < 4.78 is 4.83. The molecule has 110 valence electrons.